The number of rotatable bonds is 2. The van der Waals surface area contributed by atoms with E-state index in [9.17, 15) is 0 Å². The topological polar surface area (TPSA) is 63.6 Å². The van der Waals surface area contributed by atoms with Crippen LogP contribution in [0.1, 0.15) is 5.56 Å². The molecule has 102 valence electrons. The SMILES string of the molecule is c1cc(-c2nc3c(c(-c4ccncc4)n2)CCN3)ccn1. The lowest BCUT2D eigenvalue weighted by Crippen LogP contribution is -1.99. The number of nitrogens with one attached hydrogen (secondary N) is 1. The van der Waals surface area contributed by atoms with Crippen molar-refractivity contribution in [3.8, 4) is 22.6 Å². The van der Waals surface area contributed by atoms with Crippen LogP contribution in [0.2, 0.25) is 0 Å². The predicted molar refractivity (Wildman–Crippen MR) is 80.7 cm³/mol. The van der Waals surface area contributed by atoms with Gasteiger partial charge in [-0.2, -0.15) is 0 Å². The van der Waals surface area contributed by atoms with Crippen LogP contribution in [0.25, 0.3) is 22.6 Å². The smallest absolute Gasteiger partial charge is 0.162 e. The van der Waals surface area contributed by atoms with Gasteiger partial charge >= 0.3 is 0 Å². The van der Waals surface area contributed by atoms with Crippen molar-refractivity contribution in [2.45, 2.75) is 6.42 Å². The van der Waals surface area contributed by atoms with E-state index < -0.39 is 0 Å². The third-order valence-corrected chi connectivity index (χ3v) is 3.57. The molecule has 3 aromatic heterocycles. The second-order valence-electron chi connectivity index (χ2n) is 4.87. The van der Waals surface area contributed by atoms with E-state index in [1.54, 1.807) is 24.8 Å². The minimum absolute atomic E-state index is 0.720. The number of aromatic nitrogens is 4. The average Bonchev–Trinajstić information content (AvgIpc) is 3.04. The Morgan fingerprint density at radius 2 is 1.48 bits per heavy atom. The molecule has 5 nitrogen and oxygen atoms in total. The summed E-state index contributed by atoms with van der Waals surface area (Å²) in [5.74, 6) is 1.65. The molecule has 0 unspecified atom stereocenters. The van der Waals surface area contributed by atoms with Crippen LogP contribution >= 0.6 is 0 Å². The Labute approximate surface area is 122 Å². The molecule has 3 aromatic rings. The van der Waals surface area contributed by atoms with E-state index in [4.69, 9.17) is 4.98 Å². The normalized spacial score (nSPS) is 12.8. The van der Waals surface area contributed by atoms with Gasteiger partial charge in [-0.15, -0.1) is 0 Å². The van der Waals surface area contributed by atoms with E-state index in [2.05, 4.69) is 20.3 Å². The van der Waals surface area contributed by atoms with Gasteiger partial charge in [0.05, 0.1) is 5.69 Å². The summed E-state index contributed by atoms with van der Waals surface area (Å²) in [7, 11) is 0. The van der Waals surface area contributed by atoms with Gasteiger partial charge in [-0.25, -0.2) is 9.97 Å². The Balaban J connectivity index is 1.92. The fourth-order valence-corrected chi connectivity index (χ4v) is 2.55. The Morgan fingerprint density at radius 1 is 0.810 bits per heavy atom. The first kappa shape index (κ1) is 12.0. The van der Waals surface area contributed by atoms with Crippen molar-refractivity contribution >= 4 is 5.82 Å². The van der Waals surface area contributed by atoms with Crippen LogP contribution in [-0.2, 0) is 6.42 Å². The molecule has 0 bridgehead atoms. The number of nitrogens with zero attached hydrogens (tertiary/aromatic N) is 4. The number of fused-ring (bicyclic) bond motifs is 1. The molecule has 0 aliphatic carbocycles. The molecule has 4 heterocycles. The third-order valence-electron chi connectivity index (χ3n) is 3.57. The first-order valence-electron chi connectivity index (χ1n) is 6.87. The molecule has 0 amide bonds. The summed E-state index contributed by atoms with van der Waals surface area (Å²) in [6, 6.07) is 7.81. The minimum Gasteiger partial charge on any atom is -0.369 e. The molecule has 1 N–H and O–H groups in total. The van der Waals surface area contributed by atoms with Gasteiger partial charge < -0.3 is 5.32 Å². The molecule has 0 fully saturated rings. The summed E-state index contributed by atoms with van der Waals surface area (Å²) < 4.78 is 0. The second-order valence-corrected chi connectivity index (χ2v) is 4.87. The van der Waals surface area contributed by atoms with Crippen LogP contribution in [0.3, 0.4) is 0 Å². The van der Waals surface area contributed by atoms with Gasteiger partial charge in [0.15, 0.2) is 5.82 Å². The Hall–Kier alpha value is -2.82. The summed E-state index contributed by atoms with van der Waals surface area (Å²) in [6.45, 7) is 0.905. The maximum absolute atomic E-state index is 4.78. The number of anilines is 1. The van der Waals surface area contributed by atoms with Gasteiger partial charge in [0.1, 0.15) is 5.82 Å². The molecule has 0 radical (unpaired) electrons. The largest absolute Gasteiger partial charge is 0.369 e. The van der Waals surface area contributed by atoms with Gasteiger partial charge in [-0.3, -0.25) is 9.97 Å². The Bertz CT molecular complexity index is 771. The van der Waals surface area contributed by atoms with Gasteiger partial charge in [0.2, 0.25) is 0 Å². The van der Waals surface area contributed by atoms with Gasteiger partial charge in [-0.1, -0.05) is 0 Å². The molecule has 0 spiro atoms. The van der Waals surface area contributed by atoms with Crippen molar-refractivity contribution in [1.29, 1.82) is 0 Å². The lowest BCUT2D eigenvalue weighted by Gasteiger charge is -2.09. The monoisotopic (exact) mass is 275 g/mol. The molecule has 5 heteroatoms. The van der Waals surface area contributed by atoms with E-state index in [-0.39, 0.29) is 0 Å². The van der Waals surface area contributed by atoms with E-state index in [0.29, 0.717) is 0 Å². The van der Waals surface area contributed by atoms with Crippen LogP contribution in [0.4, 0.5) is 5.82 Å². The Kier molecular flexibility index (Phi) is 2.81. The van der Waals surface area contributed by atoms with Crippen LogP contribution in [0.15, 0.2) is 49.1 Å². The molecule has 1 aliphatic rings. The van der Waals surface area contributed by atoms with E-state index >= 15 is 0 Å². The quantitative estimate of drug-likeness (QED) is 0.778. The maximum Gasteiger partial charge on any atom is 0.162 e. The van der Waals surface area contributed by atoms with Crippen LogP contribution in [0, 0.1) is 0 Å². The van der Waals surface area contributed by atoms with Crippen LogP contribution in [-0.4, -0.2) is 26.5 Å². The highest BCUT2D eigenvalue weighted by atomic mass is 15.1. The molecule has 1 aliphatic heterocycles. The van der Waals surface area contributed by atoms with Crippen molar-refractivity contribution < 1.29 is 0 Å². The highest BCUT2D eigenvalue weighted by Crippen LogP contribution is 2.32. The zero-order valence-electron chi connectivity index (χ0n) is 11.3. The fourth-order valence-electron chi connectivity index (χ4n) is 2.55. The van der Waals surface area contributed by atoms with E-state index in [1.165, 1.54) is 5.56 Å². The number of hydrogen-bond acceptors (Lipinski definition) is 5. The van der Waals surface area contributed by atoms with Crippen molar-refractivity contribution in [3.05, 3.63) is 54.6 Å². The highest BCUT2D eigenvalue weighted by Gasteiger charge is 2.20. The average molecular weight is 275 g/mol. The fraction of sp³-hybridized carbons (Fsp3) is 0.125. The molecular formula is C16H13N5. The summed E-state index contributed by atoms with van der Waals surface area (Å²) in [4.78, 5) is 17.5. The molecule has 0 aromatic carbocycles. The van der Waals surface area contributed by atoms with Crippen molar-refractivity contribution in [2.24, 2.45) is 0 Å². The van der Waals surface area contributed by atoms with Gasteiger partial charge in [-0.05, 0) is 30.7 Å². The van der Waals surface area contributed by atoms with Crippen molar-refractivity contribution in [1.82, 2.24) is 19.9 Å². The molecule has 21 heavy (non-hydrogen) atoms. The zero-order chi connectivity index (χ0) is 14.1. The summed E-state index contributed by atoms with van der Waals surface area (Å²) in [5, 5.41) is 3.34. The molecule has 4 rings (SSSR count). The van der Waals surface area contributed by atoms with Crippen molar-refractivity contribution in [2.75, 3.05) is 11.9 Å². The molecule has 0 atom stereocenters. The molecule has 0 saturated carbocycles. The molecule has 0 saturated heterocycles. The first-order chi connectivity index (χ1) is 10.4. The first-order valence-corrected chi connectivity index (χ1v) is 6.87. The highest BCUT2D eigenvalue weighted by molar-refractivity contribution is 5.73. The lowest BCUT2D eigenvalue weighted by atomic mass is 10.1. The second kappa shape index (κ2) is 4.94. The van der Waals surface area contributed by atoms with Gasteiger partial charge in [0.25, 0.3) is 0 Å². The molecular weight excluding hydrogens is 262 g/mol. The van der Waals surface area contributed by atoms with Crippen LogP contribution < -0.4 is 5.32 Å². The predicted octanol–water partition coefficient (Wildman–Crippen LogP) is 2.57. The zero-order valence-corrected chi connectivity index (χ0v) is 11.3. The standard InChI is InChI=1S/C16H13N5/c1-6-17-7-2-11(1)14-13-5-10-19-16(13)21-15(20-14)12-3-8-18-9-4-12/h1-4,6-9H,5,10H2,(H,19,20,21). The van der Waals surface area contributed by atoms with E-state index in [1.807, 2.05) is 24.3 Å². The van der Waals surface area contributed by atoms with Crippen molar-refractivity contribution in [3.63, 3.8) is 0 Å². The summed E-state index contributed by atoms with van der Waals surface area (Å²) >= 11 is 0. The van der Waals surface area contributed by atoms with E-state index in [0.717, 1.165) is 41.4 Å². The van der Waals surface area contributed by atoms with Gasteiger partial charge in [0, 0.05) is 48.0 Å². The number of pyridine rings is 2. The Morgan fingerprint density at radius 3 is 2.19 bits per heavy atom. The summed E-state index contributed by atoms with van der Waals surface area (Å²) in [6.07, 6.45) is 8.04. The number of hydrogen-bond donors (Lipinski definition) is 1. The summed E-state index contributed by atoms with van der Waals surface area (Å²) in [5.41, 5.74) is 4.21. The minimum atomic E-state index is 0.720. The third kappa shape index (κ3) is 2.12. The lowest BCUT2D eigenvalue weighted by molar-refractivity contribution is 1.09. The van der Waals surface area contributed by atoms with Crippen LogP contribution in [0.5, 0.6) is 0 Å². The maximum atomic E-state index is 4.78.